The van der Waals surface area contributed by atoms with Crippen LogP contribution in [0.25, 0.3) is 0 Å². The van der Waals surface area contributed by atoms with Gasteiger partial charge in [-0.25, -0.2) is 0 Å². The van der Waals surface area contributed by atoms with Crippen molar-refractivity contribution in [1.82, 2.24) is 0 Å². The third-order valence-electron chi connectivity index (χ3n) is 13.5. The molecule has 6 heteroatoms. The maximum atomic E-state index is 12.7. The van der Waals surface area contributed by atoms with Crippen molar-refractivity contribution >= 4 is 17.9 Å². The van der Waals surface area contributed by atoms with Gasteiger partial charge in [0.05, 0.1) is 0 Å². The molecule has 394 valence electrons. The third-order valence-corrected chi connectivity index (χ3v) is 13.5. The number of carbonyl (C=O) groups excluding carboxylic acids is 3. The van der Waals surface area contributed by atoms with Crippen molar-refractivity contribution in [1.29, 1.82) is 0 Å². The van der Waals surface area contributed by atoms with Crippen LogP contribution in [0.1, 0.15) is 329 Å². The van der Waals surface area contributed by atoms with Gasteiger partial charge >= 0.3 is 17.9 Å². The summed E-state index contributed by atoms with van der Waals surface area (Å²) >= 11 is 0. The monoisotopic (exact) mass is 943 g/mol. The minimum absolute atomic E-state index is 0.0652. The van der Waals surface area contributed by atoms with Gasteiger partial charge in [0.15, 0.2) is 6.10 Å². The fraction of sp³-hybridized carbons (Fsp3) is 0.885. The molecule has 0 aliphatic rings. The number of unbranched alkanes of at least 4 members (excludes halogenated alkanes) is 40. The standard InChI is InChI=1S/C61H114O6/c1-4-7-10-13-16-18-19-20-21-22-23-24-25-26-27-28-29-30-31-32-33-34-35-36-37-38-39-40-41-43-45-48-51-54-60(63)66-57-58(56-65-59(62)53-50-47-44-15-12-9-6-3)67-61(64)55-52-49-46-42-17-14-11-8-5-2/h19-20,22-23,58H,4-18,21,24-57H2,1-3H3/b20-19-,23-22-. The highest BCUT2D eigenvalue weighted by Crippen LogP contribution is 2.17. The average Bonchev–Trinajstić information content (AvgIpc) is 3.33. The van der Waals surface area contributed by atoms with E-state index in [-0.39, 0.29) is 31.1 Å². The maximum absolute atomic E-state index is 12.7. The molecule has 0 N–H and O–H groups in total. The van der Waals surface area contributed by atoms with Gasteiger partial charge in [0.2, 0.25) is 0 Å². The summed E-state index contributed by atoms with van der Waals surface area (Å²) in [4.78, 5) is 37.7. The molecule has 0 amide bonds. The SMILES string of the molecule is CCCCCCC/C=C\C/C=C\CCCCCCCCCCCCCCCCCCCCCCCC(=O)OCC(COC(=O)CCCCCCCCC)OC(=O)CCCCCCCCCCC. The predicted molar refractivity (Wildman–Crippen MR) is 289 cm³/mol. The Labute approximate surface area is 417 Å². The highest BCUT2D eigenvalue weighted by Gasteiger charge is 2.19. The van der Waals surface area contributed by atoms with E-state index in [0.29, 0.717) is 19.3 Å². The Morgan fingerprint density at radius 1 is 0.299 bits per heavy atom. The number of hydrogen-bond donors (Lipinski definition) is 0. The van der Waals surface area contributed by atoms with Crippen LogP contribution in [0.5, 0.6) is 0 Å². The molecule has 1 unspecified atom stereocenters. The summed E-state index contributed by atoms with van der Waals surface area (Å²) in [6, 6.07) is 0. The lowest BCUT2D eigenvalue weighted by Crippen LogP contribution is -2.30. The van der Waals surface area contributed by atoms with Crippen LogP contribution in [0.3, 0.4) is 0 Å². The Bertz CT molecular complexity index is 1080. The summed E-state index contributed by atoms with van der Waals surface area (Å²) in [6.07, 6.45) is 66.6. The summed E-state index contributed by atoms with van der Waals surface area (Å²) in [5.41, 5.74) is 0. The number of rotatable bonds is 55. The predicted octanol–water partition coefficient (Wildman–Crippen LogP) is 19.9. The molecule has 0 radical (unpaired) electrons. The number of ether oxygens (including phenoxy) is 3. The van der Waals surface area contributed by atoms with Crippen LogP contribution in [-0.2, 0) is 28.6 Å². The molecule has 0 fully saturated rings. The summed E-state index contributed by atoms with van der Waals surface area (Å²) in [6.45, 7) is 6.60. The van der Waals surface area contributed by atoms with Crippen molar-refractivity contribution in [3.05, 3.63) is 24.3 Å². The van der Waals surface area contributed by atoms with E-state index in [0.717, 1.165) is 64.2 Å². The molecule has 67 heavy (non-hydrogen) atoms. The summed E-state index contributed by atoms with van der Waals surface area (Å²) < 4.78 is 16.7. The molecule has 6 nitrogen and oxygen atoms in total. The van der Waals surface area contributed by atoms with Gasteiger partial charge in [-0.15, -0.1) is 0 Å². The van der Waals surface area contributed by atoms with E-state index in [1.54, 1.807) is 0 Å². The number of hydrogen-bond acceptors (Lipinski definition) is 6. The van der Waals surface area contributed by atoms with E-state index in [1.807, 2.05) is 0 Å². The van der Waals surface area contributed by atoms with Crippen LogP contribution in [0.15, 0.2) is 24.3 Å². The molecule has 0 aromatic heterocycles. The lowest BCUT2D eigenvalue weighted by atomic mass is 10.0. The van der Waals surface area contributed by atoms with Crippen molar-refractivity contribution in [2.45, 2.75) is 335 Å². The molecule has 0 spiro atoms. The van der Waals surface area contributed by atoms with Gasteiger partial charge in [-0.3, -0.25) is 14.4 Å². The van der Waals surface area contributed by atoms with E-state index in [9.17, 15) is 14.4 Å². The Hall–Kier alpha value is -2.11. The molecular formula is C61H114O6. The van der Waals surface area contributed by atoms with E-state index in [4.69, 9.17) is 14.2 Å². The zero-order chi connectivity index (χ0) is 48.6. The quantitative estimate of drug-likeness (QED) is 0.0262. The maximum Gasteiger partial charge on any atom is 0.306 e. The van der Waals surface area contributed by atoms with Crippen LogP contribution in [0.4, 0.5) is 0 Å². The zero-order valence-electron chi connectivity index (χ0n) is 45.2. The van der Waals surface area contributed by atoms with Gasteiger partial charge in [-0.2, -0.15) is 0 Å². The van der Waals surface area contributed by atoms with Crippen molar-refractivity contribution < 1.29 is 28.6 Å². The van der Waals surface area contributed by atoms with Crippen LogP contribution >= 0.6 is 0 Å². The first-order valence-electron chi connectivity index (χ1n) is 29.8. The normalized spacial score (nSPS) is 12.1. The van der Waals surface area contributed by atoms with Gasteiger partial charge in [0.25, 0.3) is 0 Å². The molecular weight excluding hydrogens is 829 g/mol. The minimum atomic E-state index is -0.760. The Balaban J connectivity index is 3.84. The first kappa shape index (κ1) is 64.9. The highest BCUT2D eigenvalue weighted by atomic mass is 16.6. The summed E-state index contributed by atoms with van der Waals surface area (Å²) in [7, 11) is 0. The third kappa shape index (κ3) is 54.7. The van der Waals surface area contributed by atoms with E-state index in [1.165, 1.54) is 225 Å². The van der Waals surface area contributed by atoms with Gasteiger partial charge < -0.3 is 14.2 Å². The molecule has 0 bridgehead atoms. The largest absolute Gasteiger partial charge is 0.462 e. The fourth-order valence-electron chi connectivity index (χ4n) is 8.95. The van der Waals surface area contributed by atoms with Crippen LogP contribution in [-0.4, -0.2) is 37.2 Å². The Morgan fingerprint density at radius 2 is 0.537 bits per heavy atom. The molecule has 0 aliphatic heterocycles. The first-order valence-corrected chi connectivity index (χ1v) is 29.8. The van der Waals surface area contributed by atoms with E-state index >= 15 is 0 Å². The number of allylic oxidation sites excluding steroid dienone is 4. The van der Waals surface area contributed by atoms with Crippen LogP contribution in [0, 0.1) is 0 Å². The summed E-state index contributed by atoms with van der Waals surface area (Å²) in [5.74, 6) is -0.858. The molecule has 0 aromatic carbocycles. The first-order chi connectivity index (χ1) is 33.0. The van der Waals surface area contributed by atoms with Crippen LogP contribution in [0.2, 0.25) is 0 Å². The van der Waals surface area contributed by atoms with Crippen molar-refractivity contribution in [2.24, 2.45) is 0 Å². The number of esters is 3. The zero-order valence-corrected chi connectivity index (χ0v) is 45.2. The van der Waals surface area contributed by atoms with Crippen molar-refractivity contribution in [3.63, 3.8) is 0 Å². The topological polar surface area (TPSA) is 78.9 Å². The molecule has 0 saturated carbocycles. The van der Waals surface area contributed by atoms with Gasteiger partial charge in [0.1, 0.15) is 13.2 Å². The Kier molecular flexibility index (Phi) is 54.7. The minimum Gasteiger partial charge on any atom is -0.462 e. The van der Waals surface area contributed by atoms with E-state index < -0.39 is 6.10 Å². The van der Waals surface area contributed by atoms with Gasteiger partial charge in [-0.1, -0.05) is 283 Å². The lowest BCUT2D eigenvalue weighted by molar-refractivity contribution is -0.167. The molecule has 1 atom stereocenters. The highest BCUT2D eigenvalue weighted by molar-refractivity contribution is 5.71. The van der Waals surface area contributed by atoms with Crippen molar-refractivity contribution in [3.8, 4) is 0 Å². The second kappa shape index (κ2) is 56.5. The molecule has 0 heterocycles. The number of carbonyl (C=O) groups is 3. The van der Waals surface area contributed by atoms with Gasteiger partial charge in [0, 0.05) is 19.3 Å². The molecule has 0 aliphatic carbocycles. The van der Waals surface area contributed by atoms with Crippen LogP contribution < -0.4 is 0 Å². The van der Waals surface area contributed by atoms with Gasteiger partial charge in [-0.05, 0) is 51.4 Å². The average molecular weight is 944 g/mol. The Morgan fingerprint density at radius 3 is 0.821 bits per heavy atom. The van der Waals surface area contributed by atoms with E-state index in [2.05, 4.69) is 45.1 Å². The molecule has 0 rings (SSSR count). The smallest absolute Gasteiger partial charge is 0.306 e. The molecule has 0 saturated heterocycles. The fourth-order valence-corrected chi connectivity index (χ4v) is 8.95. The van der Waals surface area contributed by atoms with Crippen molar-refractivity contribution in [2.75, 3.05) is 13.2 Å². The second-order valence-electron chi connectivity index (χ2n) is 20.3. The lowest BCUT2D eigenvalue weighted by Gasteiger charge is -2.18. The molecule has 0 aromatic rings. The summed E-state index contributed by atoms with van der Waals surface area (Å²) in [5, 5.41) is 0. The second-order valence-corrected chi connectivity index (χ2v) is 20.3.